The zero-order valence-electron chi connectivity index (χ0n) is 9.19. The first-order chi connectivity index (χ1) is 6.32. The Bertz CT molecular complexity index is 489. The van der Waals surface area contributed by atoms with Crippen molar-refractivity contribution in [1.29, 1.82) is 0 Å². The maximum atomic E-state index is 11.1. The standard InChI is InChI=1S/C8H7IO4S.Na.H/c1-14(12,13)5-2-3-6(8(10)11)7(9)4-5;;/h2-4H,1H3,(H,10,11);;/q;+1;-1. The molecule has 0 heterocycles. The maximum Gasteiger partial charge on any atom is 1.00 e. The van der Waals surface area contributed by atoms with Crippen LogP contribution in [0, 0.1) is 3.57 Å². The smallest absolute Gasteiger partial charge is 1.00 e. The molecule has 0 aromatic heterocycles. The summed E-state index contributed by atoms with van der Waals surface area (Å²) in [5, 5.41) is 8.71. The van der Waals surface area contributed by atoms with Gasteiger partial charge in [-0.05, 0) is 40.8 Å². The van der Waals surface area contributed by atoms with Crippen molar-refractivity contribution in [3.63, 3.8) is 0 Å². The van der Waals surface area contributed by atoms with Crippen molar-refractivity contribution in [2.24, 2.45) is 0 Å². The van der Waals surface area contributed by atoms with Crippen LogP contribution in [0.25, 0.3) is 0 Å². The number of hydrogen-bond acceptors (Lipinski definition) is 3. The van der Waals surface area contributed by atoms with Gasteiger partial charge in [-0.15, -0.1) is 0 Å². The number of rotatable bonds is 2. The first-order valence-corrected chi connectivity index (χ1v) is 6.52. The zero-order valence-corrected chi connectivity index (χ0v) is 13.2. The van der Waals surface area contributed by atoms with Gasteiger partial charge >= 0.3 is 35.5 Å². The van der Waals surface area contributed by atoms with E-state index < -0.39 is 15.8 Å². The molecule has 0 amide bonds. The third kappa shape index (κ3) is 4.03. The molecule has 1 rings (SSSR count). The molecule has 0 unspecified atom stereocenters. The number of hydrogen-bond donors (Lipinski definition) is 1. The summed E-state index contributed by atoms with van der Waals surface area (Å²) in [6, 6.07) is 3.93. The third-order valence-electron chi connectivity index (χ3n) is 1.60. The third-order valence-corrected chi connectivity index (χ3v) is 3.60. The topological polar surface area (TPSA) is 71.4 Å². The van der Waals surface area contributed by atoms with Gasteiger partial charge in [0.2, 0.25) is 0 Å². The van der Waals surface area contributed by atoms with Crippen molar-refractivity contribution >= 4 is 38.4 Å². The Morgan fingerprint density at radius 3 is 2.33 bits per heavy atom. The molecule has 0 aliphatic rings. The van der Waals surface area contributed by atoms with E-state index in [1.807, 2.05) is 0 Å². The first kappa shape index (κ1) is 15.4. The Kier molecular flexibility index (Phi) is 5.76. The molecule has 0 bridgehead atoms. The number of carbonyl (C=O) groups is 1. The number of carboxylic acid groups (broad SMARTS) is 1. The van der Waals surface area contributed by atoms with E-state index in [4.69, 9.17) is 5.11 Å². The van der Waals surface area contributed by atoms with Crippen LogP contribution in [-0.2, 0) is 9.84 Å². The van der Waals surface area contributed by atoms with Crippen molar-refractivity contribution in [2.45, 2.75) is 4.90 Å². The van der Waals surface area contributed by atoms with E-state index in [1.165, 1.54) is 18.2 Å². The van der Waals surface area contributed by atoms with Gasteiger partial charge in [-0.1, -0.05) is 0 Å². The van der Waals surface area contributed by atoms with E-state index in [-0.39, 0.29) is 41.4 Å². The quantitative estimate of drug-likeness (QED) is 0.521. The predicted molar refractivity (Wildman–Crippen MR) is 60.3 cm³/mol. The summed E-state index contributed by atoms with van der Waals surface area (Å²) in [5.74, 6) is -1.06. The van der Waals surface area contributed by atoms with Crippen molar-refractivity contribution in [3.8, 4) is 0 Å². The van der Waals surface area contributed by atoms with E-state index in [9.17, 15) is 13.2 Å². The summed E-state index contributed by atoms with van der Waals surface area (Å²) in [6.07, 6.45) is 1.08. The van der Waals surface area contributed by atoms with E-state index in [0.29, 0.717) is 3.57 Å². The molecule has 0 radical (unpaired) electrons. The summed E-state index contributed by atoms with van der Waals surface area (Å²) >= 11 is 1.80. The first-order valence-electron chi connectivity index (χ1n) is 3.55. The van der Waals surface area contributed by atoms with E-state index >= 15 is 0 Å². The van der Waals surface area contributed by atoms with Gasteiger partial charge < -0.3 is 6.53 Å². The maximum absolute atomic E-state index is 11.1. The fourth-order valence-corrected chi connectivity index (χ4v) is 2.50. The molecular weight excluding hydrogens is 342 g/mol. The Morgan fingerprint density at radius 1 is 1.47 bits per heavy atom. The Balaban J connectivity index is 0. The molecule has 0 aliphatic heterocycles. The number of sulfone groups is 1. The molecule has 4 nitrogen and oxygen atoms in total. The zero-order chi connectivity index (χ0) is 10.9. The minimum absolute atomic E-state index is 0. The molecule has 0 saturated carbocycles. The van der Waals surface area contributed by atoms with Gasteiger partial charge in [0.15, 0.2) is 9.84 Å². The van der Waals surface area contributed by atoms with Crippen molar-refractivity contribution in [2.75, 3.05) is 6.26 Å². The molecule has 1 aromatic carbocycles. The Labute approximate surface area is 125 Å². The van der Waals surface area contributed by atoms with Crippen LogP contribution in [0.15, 0.2) is 23.1 Å². The SMILES string of the molecule is CS(=O)(=O)c1ccc(C(=O)O)c(I)c1.[H-].[Na+]. The van der Waals surface area contributed by atoms with Gasteiger partial charge in [-0.2, -0.15) is 0 Å². The normalized spacial score (nSPS) is 10.5. The second-order valence-corrected chi connectivity index (χ2v) is 5.90. The molecule has 0 atom stereocenters. The van der Waals surface area contributed by atoms with E-state index in [2.05, 4.69) is 0 Å². The Morgan fingerprint density at radius 2 is 2.00 bits per heavy atom. The van der Waals surface area contributed by atoms with Crippen LogP contribution in [0.2, 0.25) is 0 Å². The number of aromatic carboxylic acids is 1. The van der Waals surface area contributed by atoms with Crippen LogP contribution >= 0.6 is 22.6 Å². The average molecular weight is 350 g/mol. The van der Waals surface area contributed by atoms with Crippen LogP contribution in [0.1, 0.15) is 11.8 Å². The summed E-state index contributed by atoms with van der Waals surface area (Å²) in [4.78, 5) is 10.8. The summed E-state index contributed by atoms with van der Waals surface area (Å²) in [5.41, 5.74) is 0.109. The minimum atomic E-state index is -3.27. The summed E-state index contributed by atoms with van der Waals surface area (Å²) < 4.78 is 22.6. The van der Waals surface area contributed by atoms with Crippen LogP contribution in [-0.4, -0.2) is 25.7 Å². The second-order valence-electron chi connectivity index (χ2n) is 2.72. The van der Waals surface area contributed by atoms with Crippen molar-refractivity contribution in [1.82, 2.24) is 0 Å². The Hall–Kier alpha value is 0.370. The molecule has 0 spiro atoms. The fourth-order valence-electron chi connectivity index (χ4n) is 0.900. The molecular formula is C8H8INaO4S. The molecule has 7 heteroatoms. The number of halogens is 1. The number of carboxylic acids is 1. The van der Waals surface area contributed by atoms with E-state index in [0.717, 1.165) is 6.26 Å². The molecule has 0 fully saturated rings. The summed E-state index contributed by atoms with van der Waals surface area (Å²) in [7, 11) is -3.27. The van der Waals surface area contributed by atoms with Gasteiger partial charge in [-0.3, -0.25) is 0 Å². The molecule has 0 aliphatic carbocycles. The minimum Gasteiger partial charge on any atom is -1.00 e. The number of benzene rings is 1. The van der Waals surface area contributed by atoms with Gasteiger partial charge in [0.25, 0.3) is 0 Å². The van der Waals surface area contributed by atoms with Gasteiger partial charge in [-0.25, -0.2) is 13.2 Å². The predicted octanol–water partition coefficient (Wildman–Crippen LogP) is -1.49. The summed E-state index contributed by atoms with van der Waals surface area (Å²) in [6.45, 7) is 0. The van der Waals surface area contributed by atoms with Crippen LogP contribution in [0.5, 0.6) is 0 Å². The molecule has 78 valence electrons. The van der Waals surface area contributed by atoms with Gasteiger partial charge in [0.05, 0.1) is 10.5 Å². The van der Waals surface area contributed by atoms with Crippen molar-refractivity contribution < 1.29 is 49.3 Å². The van der Waals surface area contributed by atoms with Crippen molar-refractivity contribution in [3.05, 3.63) is 27.3 Å². The largest absolute Gasteiger partial charge is 1.00 e. The van der Waals surface area contributed by atoms with Gasteiger partial charge in [0.1, 0.15) is 0 Å². The molecule has 1 aromatic rings. The molecule has 0 saturated heterocycles. The van der Waals surface area contributed by atoms with Crippen LogP contribution in [0.4, 0.5) is 0 Å². The average Bonchev–Trinajstić information content (AvgIpc) is 2.01. The van der Waals surface area contributed by atoms with E-state index in [1.54, 1.807) is 22.6 Å². The molecule has 15 heavy (non-hydrogen) atoms. The fraction of sp³-hybridized carbons (Fsp3) is 0.125. The van der Waals surface area contributed by atoms with Crippen LogP contribution < -0.4 is 29.6 Å². The monoisotopic (exact) mass is 350 g/mol. The van der Waals surface area contributed by atoms with Gasteiger partial charge in [0, 0.05) is 9.83 Å². The van der Waals surface area contributed by atoms with Crippen LogP contribution in [0.3, 0.4) is 0 Å². The second kappa shape index (κ2) is 5.62. The molecule has 1 N–H and O–H groups in total.